The molecule has 0 saturated heterocycles. The molecule has 0 N–H and O–H groups in total. The molecule has 0 spiro atoms. The first-order chi connectivity index (χ1) is 7.20. The number of nitrogens with zero attached hydrogens (tertiary/aromatic N) is 2. The normalized spacial score (nSPS) is 11.9. The smallest absolute Gasteiger partial charge is 0.130 e. The molecule has 0 aliphatic carbocycles. The van der Waals surface area contributed by atoms with E-state index in [-0.39, 0.29) is 0 Å². The third-order valence-corrected chi connectivity index (χ3v) is 2.48. The molecule has 0 fully saturated rings. The van der Waals surface area contributed by atoms with Gasteiger partial charge in [-0.3, -0.25) is 4.99 Å². The molecule has 2 nitrogen and oxygen atoms in total. The van der Waals surface area contributed by atoms with Gasteiger partial charge in [-0.05, 0) is 20.8 Å². The first-order valence-corrected chi connectivity index (χ1v) is 5.49. The van der Waals surface area contributed by atoms with Crippen molar-refractivity contribution in [1.82, 2.24) is 4.90 Å². The van der Waals surface area contributed by atoms with Crippen LogP contribution in [0.1, 0.15) is 26.3 Å². The van der Waals surface area contributed by atoms with E-state index in [2.05, 4.69) is 54.9 Å². The zero-order valence-corrected chi connectivity index (χ0v) is 10.1. The summed E-state index contributed by atoms with van der Waals surface area (Å²) in [5.74, 6) is 1.08. The van der Waals surface area contributed by atoms with E-state index in [1.165, 1.54) is 5.56 Å². The monoisotopic (exact) mass is 204 g/mol. The predicted octanol–water partition coefficient (Wildman–Crippen LogP) is 2.79. The molecule has 0 amide bonds. The Hall–Kier alpha value is -1.31. The summed E-state index contributed by atoms with van der Waals surface area (Å²) in [6.45, 7) is 7.53. The van der Waals surface area contributed by atoms with Crippen molar-refractivity contribution in [2.75, 3.05) is 13.6 Å². The third kappa shape index (κ3) is 2.82. The van der Waals surface area contributed by atoms with Crippen LogP contribution in [0.25, 0.3) is 0 Å². The summed E-state index contributed by atoms with van der Waals surface area (Å²) in [7, 11) is 1.85. The Kier molecular flexibility index (Phi) is 4.35. The number of hydrogen-bond donors (Lipinski definition) is 0. The molecule has 0 aliphatic heterocycles. The fourth-order valence-corrected chi connectivity index (χ4v) is 1.77. The van der Waals surface area contributed by atoms with Crippen molar-refractivity contribution >= 4 is 5.84 Å². The van der Waals surface area contributed by atoms with Crippen molar-refractivity contribution in [3.8, 4) is 0 Å². The summed E-state index contributed by atoms with van der Waals surface area (Å²) in [6, 6.07) is 10.8. The van der Waals surface area contributed by atoms with Crippen molar-refractivity contribution < 1.29 is 0 Å². The molecule has 82 valence electrons. The first-order valence-electron chi connectivity index (χ1n) is 5.49. The maximum absolute atomic E-state index is 4.39. The minimum atomic E-state index is 0.480. The van der Waals surface area contributed by atoms with Crippen molar-refractivity contribution in [3.63, 3.8) is 0 Å². The average molecular weight is 204 g/mol. The van der Waals surface area contributed by atoms with Gasteiger partial charge in [-0.1, -0.05) is 30.3 Å². The summed E-state index contributed by atoms with van der Waals surface area (Å²) in [4.78, 5) is 6.69. The standard InChI is InChI=1S/C13H20N2/c1-5-15(11(2)3)13(14-4)12-9-7-6-8-10-12/h6-11H,5H2,1-4H3. The molecular formula is C13H20N2. The minimum Gasteiger partial charge on any atom is -0.354 e. The Bertz CT molecular complexity index is 315. The quantitative estimate of drug-likeness (QED) is 0.546. The Balaban J connectivity index is 2.99. The van der Waals surface area contributed by atoms with Crippen LogP contribution in [0.2, 0.25) is 0 Å². The Morgan fingerprint density at radius 2 is 1.87 bits per heavy atom. The van der Waals surface area contributed by atoms with E-state index in [4.69, 9.17) is 0 Å². The topological polar surface area (TPSA) is 15.6 Å². The molecule has 0 aromatic heterocycles. The molecule has 1 rings (SSSR count). The van der Waals surface area contributed by atoms with Crippen LogP contribution < -0.4 is 0 Å². The van der Waals surface area contributed by atoms with Crippen LogP contribution in [-0.4, -0.2) is 30.4 Å². The summed E-state index contributed by atoms with van der Waals surface area (Å²) >= 11 is 0. The highest BCUT2D eigenvalue weighted by molar-refractivity contribution is 5.98. The largest absolute Gasteiger partial charge is 0.354 e. The van der Waals surface area contributed by atoms with E-state index in [0.29, 0.717) is 6.04 Å². The summed E-state index contributed by atoms with van der Waals surface area (Å²) in [5.41, 5.74) is 1.19. The van der Waals surface area contributed by atoms with Gasteiger partial charge in [-0.25, -0.2) is 0 Å². The highest BCUT2D eigenvalue weighted by Crippen LogP contribution is 2.08. The van der Waals surface area contributed by atoms with E-state index in [1.807, 2.05) is 13.1 Å². The van der Waals surface area contributed by atoms with E-state index >= 15 is 0 Å². The van der Waals surface area contributed by atoms with Crippen molar-refractivity contribution in [2.45, 2.75) is 26.8 Å². The Morgan fingerprint density at radius 1 is 1.27 bits per heavy atom. The summed E-state index contributed by atoms with van der Waals surface area (Å²) in [5, 5.41) is 0. The molecule has 2 heteroatoms. The summed E-state index contributed by atoms with van der Waals surface area (Å²) < 4.78 is 0. The van der Waals surface area contributed by atoms with E-state index < -0.39 is 0 Å². The minimum absolute atomic E-state index is 0.480. The van der Waals surface area contributed by atoms with Gasteiger partial charge >= 0.3 is 0 Å². The van der Waals surface area contributed by atoms with Gasteiger partial charge in [0, 0.05) is 25.2 Å². The Labute approximate surface area is 92.6 Å². The zero-order valence-electron chi connectivity index (χ0n) is 10.1. The molecule has 0 heterocycles. The van der Waals surface area contributed by atoms with E-state index in [9.17, 15) is 0 Å². The molecule has 15 heavy (non-hydrogen) atoms. The van der Waals surface area contributed by atoms with Crippen LogP contribution in [0.3, 0.4) is 0 Å². The molecule has 0 aliphatic rings. The molecule has 0 bridgehead atoms. The molecule has 0 saturated carbocycles. The predicted molar refractivity (Wildman–Crippen MR) is 66.4 cm³/mol. The van der Waals surface area contributed by atoms with Gasteiger partial charge in [0.15, 0.2) is 0 Å². The second-order valence-corrected chi connectivity index (χ2v) is 3.79. The first kappa shape index (κ1) is 11.8. The zero-order chi connectivity index (χ0) is 11.3. The van der Waals surface area contributed by atoms with Gasteiger partial charge in [-0.15, -0.1) is 0 Å². The molecule has 0 radical (unpaired) electrons. The Morgan fingerprint density at radius 3 is 2.27 bits per heavy atom. The van der Waals surface area contributed by atoms with Crippen molar-refractivity contribution in [1.29, 1.82) is 0 Å². The number of hydrogen-bond acceptors (Lipinski definition) is 1. The van der Waals surface area contributed by atoms with Crippen LogP contribution in [0.4, 0.5) is 0 Å². The number of amidine groups is 1. The van der Waals surface area contributed by atoms with Crippen molar-refractivity contribution in [2.24, 2.45) is 4.99 Å². The van der Waals surface area contributed by atoms with Gasteiger partial charge in [0.05, 0.1) is 0 Å². The second kappa shape index (κ2) is 5.54. The molecule has 0 unspecified atom stereocenters. The molecular weight excluding hydrogens is 184 g/mol. The van der Waals surface area contributed by atoms with Gasteiger partial charge in [0.2, 0.25) is 0 Å². The van der Waals surface area contributed by atoms with E-state index in [1.54, 1.807) is 0 Å². The lowest BCUT2D eigenvalue weighted by atomic mass is 10.1. The van der Waals surface area contributed by atoms with Gasteiger partial charge in [0.25, 0.3) is 0 Å². The van der Waals surface area contributed by atoms with Crippen molar-refractivity contribution in [3.05, 3.63) is 35.9 Å². The van der Waals surface area contributed by atoms with E-state index in [0.717, 1.165) is 12.4 Å². The van der Waals surface area contributed by atoms with Crippen LogP contribution in [0.5, 0.6) is 0 Å². The lowest BCUT2D eigenvalue weighted by Gasteiger charge is -2.28. The number of aliphatic imine (C=N–C) groups is 1. The van der Waals surface area contributed by atoms with Gasteiger partial charge in [-0.2, -0.15) is 0 Å². The molecule has 1 aromatic rings. The van der Waals surface area contributed by atoms with Crippen LogP contribution in [0.15, 0.2) is 35.3 Å². The fraction of sp³-hybridized carbons (Fsp3) is 0.462. The second-order valence-electron chi connectivity index (χ2n) is 3.79. The highest BCUT2D eigenvalue weighted by Gasteiger charge is 2.13. The lowest BCUT2D eigenvalue weighted by Crippen LogP contribution is -2.37. The van der Waals surface area contributed by atoms with Crippen LogP contribution in [-0.2, 0) is 0 Å². The molecule has 0 atom stereocenters. The SMILES string of the molecule is CCN(C(=NC)c1ccccc1)C(C)C. The van der Waals surface area contributed by atoms with Gasteiger partial charge < -0.3 is 4.90 Å². The van der Waals surface area contributed by atoms with Crippen LogP contribution >= 0.6 is 0 Å². The van der Waals surface area contributed by atoms with Crippen LogP contribution in [0, 0.1) is 0 Å². The summed E-state index contributed by atoms with van der Waals surface area (Å²) in [6.07, 6.45) is 0. The molecule has 1 aromatic carbocycles. The lowest BCUT2D eigenvalue weighted by molar-refractivity contribution is 0.367. The maximum atomic E-state index is 4.39. The third-order valence-electron chi connectivity index (χ3n) is 2.48. The average Bonchev–Trinajstić information content (AvgIpc) is 2.26. The number of rotatable bonds is 3. The number of benzene rings is 1. The van der Waals surface area contributed by atoms with Gasteiger partial charge in [0.1, 0.15) is 5.84 Å². The fourth-order valence-electron chi connectivity index (χ4n) is 1.77. The maximum Gasteiger partial charge on any atom is 0.130 e. The highest BCUT2D eigenvalue weighted by atomic mass is 15.2.